The van der Waals surface area contributed by atoms with E-state index in [4.69, 9.17) is 0 Å². The first-order valence-electron chi connectivity index (χ1n) is 10.3. The molecule has 1 aromatic rings. The SMILES string of the molecule is CCCC[C@@H](NC(=O)CC1C(=O)Nc2ccccc2N1[SH](=O)=O)C(=O)N1CCCC1. The van der Waals surface area contributed by atoms with Crippen LogP contribution in [0.15, 0.2) is 24.3 Å². The highest BCUT2D eigenvalue weighted by Gasteiger charge is 2.37. The topological polar surface area (TPSA) is 116 Å². The molecule has 0 aliphatic carbocycles. The molecule has 10 heteroatoms. The van der Waals surface area contributed by atoms with Crippen LogP contribution in [0.3, 0.4) is 0 Å². The number of nitrogens with zero attached hydrogens (tertiary/aromatic N) is 2. The zero-order chi connectivity index (χ0) is 21.7. The van der Waals surface area contributed by atoms with Crippen LogP contribution in [0.4, 0.5) is 11.4 Å². The minimum absolute atomic E-state index is 0.112. The third-order valence-electron chi connectivity index (χ3n) is 5.46. The Morgan fingerprint density at radius 1 is 1.23 bits per heavy atom. The summed E-state index contributed by atoms with van der Waals surface area (Å²) in [6.45, 7) is 3.37. The zero-order valence-electron chi connectivity index (χ0n) is 17.0. The second-order valence-electron chi connectivity index (χ2n) is 7.60. The molecule has 1 aromatic carbocycles. The van der Waals surface area contributed by atoms with Crippen molar-refractivity contribution < 1.29 is 22.8 Å². The summed E-state index contributed by atoms with van der Waals surface area (Å²) in [5.41, 5.74) is 0.699. The predicted octanol–water partition coefficient (Wildman–Crippen LogP) is 1.03. The van der Waals surface area contributed by atoms with Crippen LogP contribution >= 0.6 is 0 Å². The molecule has 1 unspecified atom stereocenters. The van der Waals surface area contributed by atoms with Gasteiger partial charge >= 0.3 is 0 Å². The maximum Gasteiger partial charge on any atom is 0.248 e. The summed E-state index contributed by atoms with van der Waals surface area (Å²) >= 11 is 0. The maximum absolute atomic E-state index is 12.8. The Morgan fingerprint density at radius 2 is 1.93 bits per heavy atom. The molecule has 0 spiro atoms. The van der Waals surface area contributed by atoms with Gasteiger partial charge in [0.15, 0.2) is 0 Å². The van der Waals surface area contributed by atoms with Gasteiger partial charge in [-0.05, 0) is 31.4 Å². The minimum atomic E-state index is -3.13. The highest BCUT2D eigenvalue weighted by molar-refractivity contribution is 7.74. The summed E-state index contributed by atoms with van der Waals surface area (Å²) in [6.07, 6.45) is 3.71. The Hall–Kier alpha value is -2.62. The van der Waals surface area contributed by atoms with E-state index in [1.54, 1.807) is 29.2 Å². The van der Waals surface area contributed by atoms with Gasteiger partial charge in [-0.3, -0.25) is 18.7 Å². The first-order chi connectivity index (χ1) is 14.4. The maximum atomic E-state index is 12.8. The summed E-state index contributed by atoms with van der Waals surface area (Å²) in [7, 11) is -3.13. The zero-order valence-corrected chi connectivity index (χ0v) is 17.9. The fourth-order valence-corrected chi connectivity index (χ4v) is 4.67. The van der Waals surface area contributed by atoms with E-state index in [-0.39, 0.29) is 12.3 Å². The number of unbranched alkanes of at least 4 members (excludes halogenated alkanes) is 1. The highest BCUT2D eigenvalue weighted by Crippen LogP contribution is 2.32. The molecule has 9 nitrogen and oxygen atoms in total. The Balaban J connectivity index is 1.73. The van der Waals surface area contributed by atoms with Crippen LogP contribution in [-0.2, 0) is 25.3 Å². The molecule has 2 N–H and O–H groups in total. The van der Waals surface area contributed by atoms with Crippen molar-refractivity contribution in [1.82, 2.24) is 10.2 Å². The number of carbonyl (C=O) groups excluding carboxylic acids is 3. The number of amides is 3. The van der Waals surface area contributed by atoms with Crippen LogP contribution < -0.4 is 14.9 Å². The monoisotopic (exact) mass is 436 g/mol. The van der Waals surface area contributed by atoms with Gasteiger partial charge in [0.1, 0.15) is 12.1 Å². The number of para-hydroxylation sites is 2. The molecule has 0 bridgehead atoms. The summed E-state index contributed by atoms with van der Waals surface area (Å²) in [5.74, 6) is -1.21. The van der Waals surface area contributed by atoms with Gasteiger partial charge < -0.3 is 15.5 Å². The molecule has 2 heterocycles. The summed E-state index contributed by atoms with van der Waals surface area (Å²) in [6, 6.07) is 4.66. The third-order valence-corrected chi connectivity index (χ3v) is 6.30. The summed E-state index contributed by atoms with van der Waals surface area (Å²) in [4.78, 5) is 39.8. The average molecular weight is 437 g/mol. The predicted molar refractivity (Wildman–Crippen MR) is 114 cm³/mol. The second kappa shape index (κ2) is 9.92. The normalized spacial score (nSPS) is 19.4. The lowest BCUT2D eigenvalue weighted by Crippen LogP contribution is -2.52. The molecule has 2 aliphatic rings. The highest BCUT2D eigenvalue weighted by atomic mass is 32.2. The Bertz CT molecular complexity index is 874. The van der Waals surface area contributed by atoms with Crippen molar-refractivity contribution in [2.24, 2.45) is 0 Å². The molecule has 0 aromatic heterocycles. The molecule has 3 rings (SSSR count). The molecule has 0 saturated carbocycles. The van der Waals surface area contributed by atoms with Crippen LogP contribution in [0.25, 0.3) is 0 Å². The van der Waals surface area contributed by atoms with Crippen molar-refractivity contribution in [3.8, 4) is 0 Å². The van der Waals surface area contributed by atoms with E-state index < -0.39 is 34.8 Å². The molecule has 1 saturated heterocycles. The van der Waals surface area contributed by atoms with Crippen molar-refractivity contribution >= 4 is 40.0 Å². The lowest BCUT2D eigenvalue weighted by atomic mass is 10.1. The first kappa shape index (κ1) is 22.1. The molecular formula is C20H28N4O5S. The average Bonchev–Trinajstić information content (AvgIpc) is 3.25. The van der Waals surface area contributed by atoms with Crippen LogP contribution in [0.2, 0.25) is 0 Å². The van der Waals surface area contributed by atoms with Gasteiger partial charge in [0.25, 0.3) is 0 Å². The van der Waals surface area contributed by atoms with Gasteiger partial charge in [-0.15, -0.1) is 0 Å². The molecule has 2 atom stereocenters. The van der Waals surface area contributed by atoms with Crippen LogP contribution in [0.5, 0.6) is 0 Å². The number of rotatable bonds is 8. The number of hydrogen-bond acceptors (Lipinski definition) is 5. The molecule has 2 aliphatic heterocycles. The van der Waals surface area contributed by atoms with Crippen LogP contribution in [-0.4, -0.2) is 56.2 Å². The lowest BCUT2D eigenvalue weighted by Gasteiger charge is -2.33. The second-order valence-corrected chi connectivity index (χ2v) is 8.51. The van der Waals surface area contributed by atoms with E-state index in [9.17, 15) is 22.8 Å². The Labute approximate surface area is 177 Å². The van der Waals surface area contributed by atoms with Crippen LogP contribution in [0.1, 0.15) is 45.4 Å². The van der Waals surface area contributed by atoms with Gasteiger partial charge in [-0.25, -0.2) is 8.42 Å². The first-order valence-corrected chi connectivity index (χ1v) is 11.5. The van der Waals surface area contributed by atoms with Crippen molar-refractivity contribution in [2.75, 3.05) is 22.7 Å². The molecule has 0 radical (unpaired) electrons. The van der Waals surface area contributed by atoms with Crippen molar-refractivity contribution in [3.63, 3.8) is 0 Å². The molecule has 3 amide bonds. The van der Waals surface area contributed by atoms with Gasteiger partial charge in [0, 0.05) is 13.1 Å². The molecule has 164 valence electrons. The number of fused-ring (bicyclic) bond motifs is 1. The van der Waals surface area contributed by atoms with E-state index >= 15 is 0 Å². The third kappa shape index (κ3) is 4.92. The number of anilines is 2. The number of thiol groups is 1. The van der Waals surface area contributed by atoms with E-state index in [1.807, 2.05) is 6.92 Å². The smallest absolute Gasteiger partial charge is 0.248 e. The molecule has 30 heavy (non-hydrogen) atoms. The van der Waals surface area contributed by atoms with E-state index in [2.05, 4.69) is 10.6 Å². The van der Waals surface area contributed by atoms with Crippen molar-refractivity contribution in [1.29, 1.82) is 0 Å². The van der Waals surface area contributed by atoms with Crippen molar-refractivity contribution in [2.45, 2.75) is 57.5 Å². The van der Waals surface area contributed by atoms with Crippen molar-refractivity contribution in [3.05, 3.63) is 24.3 Å². The number of hydrogen-bond donors (Lipinski definition) is 3. The quantitative estimate of drug-likeness (QED) is 0.527. The lowest BCUT2D eigenvalue weighted by molar-refractivity contribution is -0.136. The minimum Gasteiger partial charge on any atom is -0.344 e. The fourth-order valence-electron chi connectivity index (χ4n) is 3.91. The fraction of sp³-hybridized carbons (Fsp3) is 0.550. The standard InChI is InChI=1S/C20H28N4O5S/c1-2-3-8-15(20(27)23-11-6-7-12-23)21-18(25)13-17-19(26)22-14-9-4-5-10-16(14)24(17)30(28)29/h4-5,9-10,15,17,30H,2-3,6-8,11-13H2,1H3,(H,21,25)(H,22,26)/t15-,17?/m1/s1. The van der Waals surface area contributed by atoms with E-state index in [1.165, 1.54) is 0 Å². The molecule has 1 fully saturated rings. The summed E-state index contributed by atoms with van der Waals surface area (Å²) in [5, 5.41) is 5.40. The Morgan fingerprint density at radius 3 is 2.60 bits per heavy atom. The Kier molecular flexibility index (Phi) is 7.30. The van der Waals surface area contributed by atoms with Gasteiger partial charge in [-0.1, -0.05) is 31.9 Å². The van der Waals surface area contributed by atoms with E-state index in [0.29, 0.717) is 30.9 Å². The summed E-state index contributed by atoms with van der Waals surface area (Å²) < 4.78 is 24.7. The number of nitrogens with one attached hydrogen (secondary N) is 2. The van der Waals surface area contributed by atoms with Gasteiger partial charge in [-0.2, -0.15) is 0 Å². The van der Waals surface area contributed by atoms with Gasteiger partial charge in [0.05, 0.1) is 17.8 Å². The van der Waals surface area contributed by atoms with Gasteiger partial charge in [0.2, 0.25) is 28.6 Å². The number of likely N-dealkylation sites (tertiary alicyclic amines) is 1. The largest absolute Gasteiger partial charge is 0.344 e. The van der Waals surface area contributed by atoms with Crippen LogP contribution in [0, 0.1) is 0 Å². The molecular weight excluding hydrogens is 408 g/mol. The number of benzene rings is 1. The van der Waals surface area contributed by atoms with E-state index in [0.717, 1.165) is 30.0 Å². The number of carbonyl (C=O) groups is 3.